The zero-order valence-corrected chi connectivity index (χ0v) is 19.4. The van der Waals surface area contributed by atoms with Crippen LogP contribution in [-0.4, -0.2) is 27.9 Å². The molecule has 0 spiro atoms. The third-order valence-corrected chi connectivity index (χ3v) is 6.14. The molecule has 32 heavy (non-hydrogen) atoms. The van der Waals surface area contributed by atoms with Crippen molar-refractivity contribution < 1.29 is 9.90 Å². The standard InChI is InChI=1S/C29H35NO2/c1-22(2)28(31)23(3)29(32)27(19-24-13-7-4-8-14-24)30(20-25-15-9-5-10-16-25)21-26-17-11-6-12-18-26/h4-18,22-23,27-28,31H,19-21H2,1-3H3/t23-,27-,28-/m0/s1. The highest BCUT2D eigenvalue weighted by atomic mass is 16.3. The van der Waals surface area contributed by atoms with Gasteiger partial charge in [0.2, 0.25) is 0 Å². The van der Waals surface area contributed by atoms with Crippen LogP contribution in [0.4, 0.5) is 0 Å². The molecule has 3 aromatic rings. The molecule has 0 amide bonds. The largest absolute Gasteiger partial charge is 0.392 e. The van der Waals surface area contributed by atoms with Gasteiger partial charge in [-0.05, 0) is 29.0 Å². The Balaban J connectivity index is 1.97. The van der Waals surface area contributed by atoms with Crippen molar-refractivity contribution in [1.82, 2.24) is 4.90 Å². The van der Waals surface area contributed by atoms with E-state index in [0.29, 0.717) is 19.5 Å². The molecule has 0 saturated heterocycles. The Bertz CT molecular complexity index is 899. The molecule has 0 aliphatic heterocycles. The van der Waals surface area contributed by atoms with E-state index in [9.17, 15) is 9.90 Å². The number of Topliss-reactive ketones (excluding diaryl/α,β-unsaturated/α-hetero) is 1. The van der Waals surface area contributed by atoms with Crippen LogP contribution in [0.15, 0.2) is 91.0 Å². The number of ketones is 1. The van der Waals surface area contributed by atoms with Crippen molar-refractivity contribution in [2.24, 2.45) is 11.8 Å². The number of rotatable bonds is 11. The second kappa shape index (κ2) is 11.8. The van der Waals surface area contributed by atoms with Crippen molar-refractivity contribution in [2.75, 3.05) is 0 Å². The van der Waals surface area contributed by atoms with Gasteiger partial charge in [-0.15, -0.1) is 0 Å². The van der Waals surface area contributed by atoms with Gasteiger partial charge in [0.15, 0.2) is 5.78 Å². The average molecular weight is 430 g/mol. The minimum absolute atomic E-state index is 0.0306. The number of aliphatic hydroxyl groups excluding tert-OH is 1. The molecule has 0 unspecified atom stereocenters. The molecule has 3 atom stereocenters. The zero-order valence-electron chi connectivity index (χ0n) is 19.4. The first-order valence-electron chi connectivity index (χ1n) is 11.5. The normalized spacial score (nSPS) is 14.3. The van der Waals surface area contributed by atoms with Gasteiger partial charge >= 0.3 is 0 Å². The van der Waals surface area contributed by atoms with Crippen molar-refractivity contribution in [1.29, 1.82) is 0 Å². The summed E-state index contributed by atoms with van der Waals surface area (Å²) in [5.41, 5.74) is 3.47. The van der Waals surface area contributed by atoms with Gasteiger partial charge in [-0.3, -0.25) is 9.69 Å². The van der Waals surface area contributed by atoms with Gasteiger partial charge in [0.25, 0.3) is 0 Å². The molecule has 0 saturated carbocycles. The summed E-state index contributed by atoms with van der Waals surface area (Å²) in [6.45, 7) is 7.14. The highest BCUT2D eigenvalue weighted by molar-refractivity contribution is 5.87. The first-order valence-corrected chi connectivity index (χ1v) is 11.5. The predicted molar refractivity (Wildman–Crippen MR) is 131 cm³/mol. The second-order valence-corrected chi connectivity index (χ2v) is 9.01. The molecule has 3 rings (SSSR count). The SMILES string of the molecule is CC(C)[C@H](O)[C@H](C)C(=O)[C@H](Cc1ccccc1)N(Cc1ccccc1)Cc1ccccc1. The Morgan fingerprint density at radius 3 is 1.53 bits per heavy atom. The maximum Gasteiger partial charge on any atom is 0.155 e. The summed E-state index contributed by atoms with van der Waals surface area (Å²) in [6.07, 6.45) is -0.0369. The maximum absolute atomic E-state index is 13.8. The predicted octanol–water partition coefficient (Wildman–Crippen LogP) is 5.52. The lowest BCUT2D eigenvalue weighted by molar-refractivity contribution is -0.132. The molecule has 0 bridgehead atoms. The van der Waals surface area contributed by atoms with E-state index < -0.39 is 12.0 Å². The molecular weight excluding hydrogens is 394 g/mol. The van der Waals surface area contributed by atoms with Crippen molar-refractivity contribution in [3.8, 4) is 0 Å². The van der Waals surface area contributed by atoms with Crippen LogP contribution in [0.2, 0.25) is 0 Å². The zero-order chi connectivity index (χ0) is 22.9. The van der Waals surface area contributed by atoms with Crippen LogP contribution >= 0.6 is 0 Å². The molecular formula is C29H35NO2. The van der Waals surface area contributed by atoms with E-state index in [1.54, 1.807) is 0 Å². The first-order chi connectivity index (χ1) is 15.5. The van der Waals surface area contributed by atoms with E-state index in [1.165, 1.54) is 11.1 Å². The van der Waals surface area contributed by atoms with Crippen LogP contribution in [-0.2, 0) is 24.3 Å². The number of nitrogens with zero attached hydrogens (tertiary/aromatic N) is 1. The van der Waals surface area contributed by atoms with Gasteiger partial charge in [-0.1, -0.05) is 112 Å². The summed E-state index contributed by atoms with van der Waals surface area (Å²) < 4.78 is 0. The number of benzene rings is 3. The molecule has 168 valence electrons. The minimum atomic E-state index is -0.656. The lowest BCUT2D eigenvalue weighted by atomic mass is 9.85. The Morgan fingerprint density at radius 2 is 1.12 bits per heavy atom. The van der Waals surface area contributed by atoms with Crippen LogP contribution < -0.4 is 0 Å². The third kappa shape index (κ3) is 6.62. The molecule has 0 aromatic heterocycles. The minimum Gasteiger partial charge on any atom is -0.392 e. The Morgan fingerprint density at radius 1 is 0.719 bits per heavy atom. The summed E-state index contributed by atoms with van der Waals surface area (Å²) >= 11 is 0. The molecule has 3 nitrogen and oxygen atoms in total. The summed E-state index contributed by atoms with van der Waals surface area (Å²) in [5.74, 6) is -0.303. The van der Waals surface area contributed by atoms with Crippen molar-refractivity contribution in [3.63, 3.8) is 0 Å². The molecule has 0 heterocycles. The van der Waals surface area contributed by atoms with Crippen molar-refractivity contribution in [2.45, 2.75) is 52.4 Å². The molecule has 0 fully saturated rings. The summed E-state index contributed by atoms with van der Waals surface area (Å²) in [4.78, 5) is 16.1. The molecule has 3 heteroatoms. The van der Waals surface area contributed by atoms with Gasteiger partial charge < -0.3 is 5.11 Å². The third-order valence-electron chi connectivity index (χ3n) is 6.14. The number of carbonyl (C=O) groups excluding carboxylic acids is 1. The average Bonchev–Trinajstić information content (AvgIpc) is 2.82. The molecule has 3 aromatic carbocycles. The fourth-order valence-electron chi connectivity index (χ4n) is 4.21. The number of aliphatic hydroxyl groups is 1. The smallest absolute Gasteiger partial charge is 0.155 e. The summed E-state index contributed by atoms with van der Waals surface area (Å²) in [7, 11) is 0. The quantitative estimate of drug-likeness (QED) is 0.436. The number of carbonyl (C=O) groups is 1. The second-order valence-electron chi connectivity index (χ2n) is 9.01. The van der Waals surface area contributed by atoms with Gasteiger partial charge in [-0.25, -0.2) is 0 Å². The van der Waals surface area contributed by atoms with E-state index in [1.807, 2.05) is 75.4 Å². The topological polar surface area (TPSA) is 40.5 Å². The van der Waals surface area contributed by atoms with Crippen LogP contribution in [0, 0.1) is 11.8 Å². The Labute approximate surface area is 192 Å². The van der Waals surface area contributed by atoms with Gasteiger partial charge in [-0.2, -0.15) is 0 Å². The highest BCUT2D eigenvalue weighted by Gasteiger charge is 2.34. The Kier molecular flexibility index (Phi) is 8.78. The fourth-order valence-corrected chi connectivity index (χ4v) is 4.21. The maximum atomic E-state index is 13.8. The molecule has 1 N–H and O–H groups in total. The van der Waals surface area contributed by atoms with E-state index in [4.69, 9.17) is 0 Å². The monoisotopic (exact) mass is 429 g/mol. The van der Waals surface area contributed by atoms with Crippen LogP contribution in [0.3, 0.4) is 0 Å². The van der Waals surface area contributed by atoms with E-state index in [-0.39, 0.29) is 17.7 Å². The fraction of sp³-hybridized carbons (Fsp3) is 0.345. The Hall–Kier alpha value is -2.75. The summed E-state index contributed by atoms with van der Waals surface area (Å²) in [6, 6.07) is 30.4. The number of hydrogen-bond acceptors (Lipinski definition) is 3. The van der Waals surface area contributed by atoms with Gasteiger partial charge in [0.1, 0.15) is 0 Å². The number of hydrogen-bond donors (Lipinski definition) is 1. The lowest BCUT2D eigenvalue weighted by Gasteiger charge is -2.34. The van der Waals surface area contributed by atoms with E-state index in [2.05, 4.69) is 41.3 Å². The molecule has 0 aliphatic rings. The van der Waals surface area contributed by atoms with Crippen LogP contribution in [0.1, 0.15) is 37.5 Å². The van der Waals surface area contributed by atoms with E-state index in [0.717, 1.165) is 5.56 Å². The van der Waals surface area contributed by atoms with Crippen molar-refractivity contribution in [3.05, 3.63) is 108 Å². The lowest BCUT2D eigenvalue weighted by Crippen LogP contribution is -2.47. The highest BCUT2D eigenvalue weighted by Crippen LogP contribution is 2.23. The van der Waals surface area contributed by atoms with E-state index >= 15 is 0 Å². The van der Waals surface area contributed by atoms with Gasteiger partial charge in [0, 0.05) is 19.0 Å². The van der Waals surface area contributed by atoms with Crippen molar-refractivity contribution >= 4 is 5.78 Å². The summed E-state index contributed by atoms with van der Waals surface area (Å²) in [5, 5.41) is 10.7. The van der Waals surface area contributed by atoms with Crippen LogP contribution in [0.5, 0.6) is 0 Å². The first kappa shape index (κ1) is 23.9. The molecule has 0 radical (unpaired) electrons. The van der Waals surface area contributed by atoms with Crippen LogP contribution in [0.25, 0.3) is 0 Å². The molecule has 0 aliphatic carbocycles. The van der Waals surface area contributed by atoms with Gasteiger partial charge in [0.05, 0.1) is 12.1 Å².